The van der Waals surface area contributed by atoms with Gasteiger partial charge in [0.15, 0.2) is 0 Å². The molecule has 2 aromatic carbocycles. The van der Waals surface area contributed by atoms with E-state index in [4.69, 9.17) is 15.2 Å². The standard InChI is InChI=1S/C34H44N4O3/c1-5-36-21-29(35)15-16-30(34(3,4)33(39)41-24-26-10-7-6-8-11-26)27-14-13-25(2)28(20-27)22-38-18-19-40-32-12-9-17-37-31(32)23-38/h6-14,17,20-21,30,36H,5,15-16,18-19,22-24,35H2,1-4H3/b29-21-. The molecule has 0 bridgehead atoms. The Morgan fingerprint density at radius 1 is 1.20 bits per heavy atom. The van der Waals surface area contributed by atoms with Crippen molar-refractivity contribution >= 4 is 5.97 Å². The number of nitrogens with two attached hydrogens (primary N) is 1. The maximum Gasteiger partial charge on any atom is 0.312 e. The number of fused-ring (bicyclic) bond motifs is 1. The van der Waals surface area contributed by atoms with E-state index in [1.165, 1.54) is 11.1 Å². The van der Waals surface area contributed by atoms with Gasteiger partial charge in [-0.2, -0.15) is 0 Å². The third kappa shape index (κ3) is 8.10. The Bertz CT molecular complexity index is 1320. The molecule has 1 unspecified atom stereocenters. The number of nitrogens with one attached hydrogen (secondary N) is 1. The number of aryl methyl sites for hydroxylation is 1. The van der Waals surface area contributed by atoms with Crippen LogP contribution in [0, 0.1) is 12.3 Å². The third-order valence-corrected chi connectivity index (χ3v) is 7.88. The fourth-order valence-electron chi connectivity index (χ4n) is 5.32. The molecule has 7 heteroatoms. The summed E-state index contributed by atoms with van der Waals surface area (Å²) in [4.78, 5) is 20.5. The number of carbonyl (C=O) groups is 1. The summed E-state index contributed by atoms with van der Waals surface area (Å²) in [7, 11) is 0. The number of esters is 1. The van der Waals surface area contributed by atoms with Crippen LogP contribution in [-0.4, -0.2) is 35.5 Å². The molecule has 3 N–H and O–H groups in total. The Balaban J connectivity index is 1.57. The van der Waals surface area contributed by atoms with E-state index in [9.17, 15) is 4.79 Å². The zero-order valence-corrected chi connectivity index (χ0v) is 24.9. The van der Waals surface area contributed by atoms with Gasteiger partial charge in [-0.25, -0.2) is 0 Å². The first-order valence-electron chi connectivity index (χ1n) is 14.6. The van der Waals surface area contributed by atoms with Crippen LogP contribution in [0.4, 0.5) is 0 Å². The molecule has 218 valence electrons. The molecule has 0 saturated carbocycles. The highest BCUT2D eigenvalue weighted by atomic mass is 16.5. The highest BCUT2D eigenvalue weighted by Crippen LogP contribution is 2.41. The van der Waals surface area contributed by atoms with Gasteiger partial charge in [-0.15, -0.1) is 0 Å². The molecule has 0 radical (unpaired) electrons. The molecule has 0 amide bonds. The van der Waals surface area contributed by atoms with Gasteiger partial charge in [0.1, 0.15) is 19.0 Å². The van der Waals surface area contributed by atoms with Crippen LogP contribution in [0.15, 0.2) is 78.8 Å². The number of rotatable bonds is 12. The van der Waals surface area contributed by atoms with E-state index in [0.29, 0.717) is 13.0 Å². The van der Waals surface area contributed by atoms with Crippen molar-refractivity contribution < 1.29 is 14.3 Å². The van der Waals surface area contributed by atoms with E-state index in [1.54, 1.807) is 0 Å². The summed E-state index contributed by atoms with van der Waals surface area (Å²) in [6.45, 7) is 12.2. The molecule has 1 aliphatic rings. The number of carbonyl (C=O) groups excluding carboxylic acids is 1. The van der Waals surface area contributed by atoms with Gasteiger partial charge in [-0.3, -0.25) is 14.7 Å². The van der Waals surface area contributed by atoms with Crippen LogP contribution in [-0.2, 0) is 29.2 Å². The van der Waals surface area contributed by atoms with E-state index in [1.807, 2.05) is 75.6 Å². The number of nitrogens with zero attached hydrogens (tertiary/aromatic N) is 2. The van der Waals surface area contributed by atoms with Crippen LogP contribution >= 0.6 is 0 Å². The van der Waals surface area contributed by atoms with Crippen molar-refractivity contribution in [1.82, 2.24) is 15.2 Å². The molecular formula is C34H44N4O3. The van der Waals surface area contributed by atoms with Crippen molar-refractivity contribution in [1.29, 1.82) is 0 Å². The Hall–Kier alpha value is -3.84. The Labute approximate surface area is 244 Å². The maximum atomic E-state index is 13.6. The number of hydrogen-bond donors (Lipinski definition) is 2. The van der Waals surface area contributed by atoms with Crippen molar-refractivity contribution in [3.05, 3.63) is 107 Å². The number of benzene rings is 2. The number of aromatic nitrogens is 1. The molecule has 1 atom stereocenters. The SMILES string of the molecule is CCN/C=C(\N)CCC(c1ccc(C)c(CN2CCOc3cccnc3C2)c1)C(C)(C)C(=O)OCc1ccccc1. The number of hydrogen-bond acceptors (Lipinski definition) is 7. The number of pyridine rings is 1. The summed E-state index contributed by atoms with van der Waals surface area (Å²) in [5, 5.41) is 3.19. The maximum absolute atomic E-state index is 13.6. The molecule has 0 aliphatic carbocycles. The second kappa shape index (κ2) is 14.2. The van der Waals surface area contributed by atoms with Crippen molar-refractivity contribution in [3.63, 3.8) is 0 Å². The third-order valence-electron chi connectivity index (χ3n) is 7.88. The van der Waals surface area contributed by atoms with Gasteiger partial charge in [0, 0.05) is 44.3 Å². The van der Waals surface area contributed by atoms with Crippen molar-refractivity contribution in [2.45, 2.75) is 66.2 Å². The van der Waals surface area contributed by atoms with E-state index in [-0.39, 0.29) is 18.5 Å². The first-order valence-corrected chi connectivity index (χ1v) is 14.6. The molecule has 1 aromatic heterocycles. The number of ether oxygens (including phenoxy) is 2. The normalized spacial score (nSPS) is 14.9. The van der Waals surface area contributed by atoms with Gasteiger partial charge in [-0.1, -0.05) is 48.5 Å². The highest BCUT2D eigenvalue weighted by Gasteiger charge is 2.39. The summed E-state index contributed by atoms with van der Waals surface area (Å²) < 4.78 is 11.8. The average Bonchev–Trinajstić information content (AvgIpc) is 3.18. The zero-order valence-electron chi connectivity index (χ0n) is 24.9. The predicted molar refractivity (Wildman–Crippen MR) is 163 cm³/mol. The summed E-state index contributed by atoms with van der Waals surface area (Å²) in [6.07, 6.45) is 5.07. The smallest absolute Gasteiger partial charge is 0.312 e. The lowest BCUT2D eigenvalue weighted by atomic mass is 9.72. The van der Waals surface area contributed by atoms with Gasteiger partial charge >= 0.3 is 5.97 Å². The first-order chi connectivity index (χ1) is 19.8. The van der Waals surface area contributed by atoms with E-state index >= 15 is 0 Å². The molecule has 41 heavy (non-hydrogen) atoms. The Kier molecular flexibility index (Phi) is 10.4. The molecular weight excluding hydrogens is 512 g/mol. The van der Waals surface area contributed by atoms with Crippen LogP contribution in [0.2, 0.25) is 0 Å². The largest absolute Gasteiger partial charge is 0.490 e. The molecule has 4 rings (SSSR count). The lowest BCUT2D eigenvalue weighted by Gasteiger charge is -2.33. The molecule has 0 saturated heterocycles. The van der Waals surface area contributed by atoms with Crippen LogP contribution in [0.5, 0.6) is 5.75 Å². The van der Waals surface area contributed by atoms with Crippen LogP contribution < -0.4 is 15.8 Å². The fraction of sp³-hybridized carbons (Fsp3) is 0.412. The minimum Gasteiger partial charge on any atom is -0.490 e. The van der Waals surface area contributed by atoms with E-state index in [2.05, 4.69) is 40.3 Å². The lowest BCUT2D eigenvalue weighted by Crippen LogP contribution is -2.34. The molecule has 0 fully saturated rings. The molecule has 0 spiro atoms. The van der Waals surface area contributed by atoms with Crippen LogP contribution in [0.1, 0.15) is 67.5 Å². The van der Waals surface area contributed by atoms with E-state index < -0.39 is 5.41 Å². The van der Waals surface area contributed by atoms with Crippen LogP contribution in [0.25, 0.3) is 0 Å². The van der Waals surface area contributed by atoms with Gasteiger partial charge in [0.25, 0.3) is 0 Å². The Morgan fingerprint density at radius 2 is 2.00 bits per heavy atom. The van der Waals surface area contributed by atoms with Crippen molar-refractivity contribution in [2.24, 2.45) is 11.1 Å². The highest BCUT2D eigenvalue weighted by molar-refractivity contribution is 5.77. The quantitative estimate of drug-likeness (QED) is 0.271. The van der Waals surface area contributed by atoms with Crippen molar-refractivity contribution in [3.8, 4) is 5.75 Å². The topological polar surface area (TPSA) is 89.7 Å². The fourth-order valence-corrected chi connectivity index (χ4v) is 5.32. The van der Waals surface area contributed by atoms with Gasteiger partial charge in [-0.05, 0) is 80.8 Å². The monoisotopic (exact) mass is 556 g/mol. The minimum absolute atomic E-state index is 0.0893. The second-order valence-corrected chi connectivity index (χ2v) is 11.3. The van der Waals surface area contributed by atoms with Gasteiger partial charge in [0.2, 0.25) is 0 Å². The Morgan fingerprint density at radius 3 is 2.78 bits per heavy atom. The van der Waals surface area contributed by atoms with Gasteiger partial charge < -0.3 is 20.5 Å². The molecule has 7 nitrogen and oxygen atoms in total. The molecule has 2 heterocycles. The minimum atomic E-state index is -0.765. The summed E-state index contributed by atoms with van der Waals surface area (Å²) >= 11 is 0. The van der Waals surface area contributed by atoms with Crippen molar-refractivity contribution in [2.75, 3.05) is 19.7 Å². The second-order valence-electron chi connectivity index (χ2n) is 11.3. The summed E-state index contributed by atoms with van der Waals surface area (Å²) in [5.41, 5.74) is 11.8. The predicted octanol–water partition coefficient (Wildman–Crippen LogP) is 5.83. The average molecular weight is 557 g/mol. The molecule has 3 aromatic rings. The lowest BCUT2D eigenvalue weighted by molar-refractivity contribution is -0.156. The number of allylic oxidation sites excluding steroid dienone is 1. The van der Waals surface area contributed by atoms with Gasteiger partial charge in [0.05, 0.1) is 11.1 Å². The zero-order chi connectivity index (χ0) is 29.2. The molecule has 1 aliphatic heterocycles. The summed E-state index contributed by atoms with van der Waals surface area (Å²) in [6, 6.07) is 20.3. The van der Waals surface area contributed by atoms with E-state index in [0.717, 1.165) is 60.9 Å². The van der Waals surface area contributed by atoms with Crippen LogP contribution in [0.3, 0.4) is 0 Å². The first kappa shape index (κ1) is 30.1. The summed E-state index contributed by atoms with van der Waals surface area (Å²) in [5.74, 6) is 0.558.